The fourth-order valence-electron chi connectivity index (χ4n) is 4.15. The quantitative estimate of drug-likeness (QED) is 0.763. The molecule has 0 bridgehead atoms. The Morgan fingerprint density at radius 1 is 1.30 bits per heavy atom. The van der Waals surface area contributed by atoms with Crippen molar-refractivity contribution in [1.29, 1.82) is 0 Å². The first-order chi connectivity index (χ1) is 9.70. The second-order valence-corrected chi connectivity index (χ2v) is 7.19. The molecular formula is C16H23BrN2O. The minimum Gasteiger partial charge on any atom is -0.292 e. The van der Waals surface area contributed by atoms with Gasteiger partial charge in [0.05, 0.1) is 10.7 Å². The molecule has 0 aromatic carbocycles. The molecule has 2 fully saturated rings. The smallest absolute Gasteiger partial charge is 0.185 e. The van der Waals surface area contributed by atoms with Gasteiger partial charge in [-0.2, -0.15) is 5.10 Å². The fraction of sp³-hybridized carbons (Fsp3) is 0.750. The SMILES string of the molecule is CCn1ncc(Br)c1C(=O)C1CCC2CCCCC2C1. The molecule has 20 heavy (non-hydrogen) atoms. The van der Waals surface area contributed by atoms with Gasteiger partial charge in [-0.1, -0.05) is 25.7 Å². The lowest BCUT2D eigenvalue weighted by molar-refractivity contribution is 0.0752. The lowest BCUT2D eigenvalue weighted by Crippen LogP contribution is -2.32. The number of Topliss-reactive ketones (excluding diaryl/α,β-unsaturated/α-hetero) is 1. The zero-order valence-electron chi connectivity index (χ0n) is 12.1. The first-order valence-corrected chi connectivity index (χ1v) is 8.75. The van der Waals surface area contributed by atoms with Gasteiger partial charge in [-0.3, -0.25) is 9.48 Å². The van der Waals surface area contributed by atoms with Gasteiger partial charge in [0.25, 0.3) is 0 Å². The van der Waals surface area contributed by atoms with Crippen LogP contribution in [0.3, 0.4) is 0 Å². The number of hydrogen-bond acceptors (Lipinski definition) is 2. The number of hydrogen-bond donors (Lipinski definition) is 0. The summed E-state index contributed by atoms with van der Waals surface area (Å²) in [5.74, 6) is 2.21. The molecule has 3 unspecified atom stereocenters. The van der Waals surface area contributed by atoms with Crippen LogP contribution in [0.5, 0.6) is 0 Å². The summed E-state index contributed by atoms with van der Waals surface area (Å²) >= 11 is 3.49. The van der Waals surface area contributed by atoms with Crippen LogP contribution in [0.2, 0.25) is 0 Å². The number of carbonyl (C=O) groups excluding carboxylic acids is 1. The van der Waals surface area contributed by atoms with Gasteiger partial charge >= 0.3 is 0 Å². The summed E-state index contributed by atoms with van der Waals surface area (Å²) in [6, 6.07) is 0. The molecule has 0 radical (unpaired) electrons. The fourth-order valence-corrected chi connectivity index (χ4v) is 4.64. The Morgan fingerprint density at radius 2 is 2.05 bits per heavy atom. The number of nitrogens with zero attached hydrogens (tertiary/aromatic N) is 2. The highest BCUT2D eigenvalue weighted by molar-refractivity contribution is 9.10. The second-order valence-electron chi connectivity index (χ2n) is 6.34. The monoisotopic (exact) mass is 338 g/mol. The zero-order chi connectivity index (χ0) is 14.1. The summed E-state index contributed by atoms with van der Waals surface area (Å²) in [4.78, 5) is 12.8. The maximum atomic E-state index is 12.8. The number of rotatable bonds is 3. The summed E-state index contributed by atoms with van der Waals surface area (Å²) in [7, 11) is 0. The molecule has 4 heteroatoms. The van der Waals surface area contributed by atoms with Gasteiger partial charge in [-0.15, -0.1) is 0 Å². The molecule has 0 spiro atoms. The largest absolute Gasteiger partial charge is 0.292 e. The van der Waals surface area contributed by atoms with E-state index in [-0.39, 0.29) is 5.92 Å². The Hall–Kier alpha value is -0.640. The number of aromatic nitrogens is 2. The number of halogens is 1. The molecule has 3 rings (SSSR count). The highest BCUT2D eigenvalue weighted by Gasteiger charge is 2.36. The Bertz CT molecular complexity index is 497. The Labute approximate surface area is 129 Å². The number of ketones is 1. The molecule has 110 valence electrons. The Morgan fingerprint density at radius 3 is 2.80 bits per heavy atom. The standard InChI is InChI=1S/C16H23BrN2O/c1-2-19-15(14(17)10-18-19)16(20)13-8-7-11-5-3-4-6-12(11)9-13/h10-13H,2-9H2,1H3. The van der Waals surface area contributed by atoms with Gasteiger partial charge in [-0.05, 0) is 54.0 Å². The molecule has 0 N–H and O–H groups in total. The maximum Gasteiger partial charge on any atom is 0.185 e. The second kappa shape index (κ2) is 6.00. The van der Waals surface area contributed by atoms with E-state index in [0.717, 1.165) is 41.4 Å². The van der Waals surface area contributed by atoms with Crippen LogP contribution in [0.15, 0.2) is 10.7 Å². The topological polar surface area (TPSA) is 34.9 Å². The van der Waals surface area contributed by atoms with Crippen LogP contribution in [0.1, 0.15) is 62.4 Å². The normalized spacial score (nSPS) is 30.0. The third-order valence-corrected chi connectivity index (χ3v) is 5.82. The first-order valence-electron chi connectivity index (χ1n) is 7.96. The molecule has 1 aromatic rings. The van der Waals surface area contributed by atoms with E-state index in [2.05, 4.69) is 21.0 Å². The molecule has 2 saturated carbocycles. The Balaban J connectivity index is 1.76. The molecule has 1 heterocycles. The molecule has 3 nitrogen and oxygen atoms in total. The summed E-state index contributed by atoms with van der Waals surface area (Å²) in [5, 5.41) is 4.28. The first kappa shape index (κ1) is 14.3. The number of aryl methyl sites for hydroxylation is 1. The van der Waals surface area contributed by atoms with Crippen molar-refractivity contribution in [3.63, 3.8) is 0 Å². The van der Waals surface area contributed by atoms with E-state index >= 15 is 0 Å². The highest BCUT2D eigenvalue weighted by Crippen LogP contribution is 2.43. The van der Waals surface area contributed by atoms with Gasteiger partial charge in [0.15, 0.2) is 5.78 Å². The lowest BCUT2D eigenvalue weighted by Gasteiger charge is -2.38. The third kappa shape index (κ3) is 2.59. The van der Waals surface area contributed by atoms with Crippen molar-refractivity contribution in [2.45, 2.75) is 58.4 Å². The third-order valence-electron chi connectivity index (χ3n) is 5.24. The number of fused-ring (bicyclic) bond motifs is 1. The maximum absolute atomic E-state index is 12.8. The van der Waals surface area contributed by atoms with Gasteiger partial charge in [0.2, 0.25) is 0 Å². The molecule has 0 amide bonds. The van der Waals surface area contributed by atoms with Crippen LogP contribution in [0, 0.1) is 17.8 Å². The van der Waals surface area contributed by atoms with E-state index in [4.69, 9.17) is 0 Å². The molecular weight excluding hydrogens is 316 g/mol. The predicted octanol–water partition coefficient (Wildman–Crippen LogP) is 4.45. The van der Waals surface area contributed by atoms with Gasteiger partial charge in [0.1, 0.15) is 5.69 Å². The molecule has 1 aromatic heterocycles. The van der Waals surface area contributed by atoms with Crippen molar-refractivity contribution < 1.29 is 4.79 Å². The minimum absolute atomic E-state index is 0.215. The molecule has 2 aliphatic rings. The summed E-state index contributed by atoms with van der Waals surface area (Å²) in [6.45, 7) is 2.79. The van der Waals surface area contributed by atoms with Crippen LogP contribution in [-0.4, -0.2) is 15.6 Å². The molecule has 0 saturated heterocycles. The van der Waals surface area contributed by atoms with Crippen molar-refractivity contribution in [3.8, 4) is 0 Å². The van der Waals surface area contributed by atoms with Gasteiger partial charge < -0.3 is 0 Å². The van der Waals surface area contributed by atoms with Crippen LogP contribution in [0.25, 0.3) is 0 Å². The average molecular weight is 339 g/mol. The van der Waals surface area contributed by atoms with Crippen LogP contribution < -0.4 is 0 Å². The van der Waals surface area contributed by atoms with Crippen molar-refractivity contribution in [2.75, 3.05) is 0 Å². The van der Waals surface area contributed by atoms with E-state index in [1.54, 1.807) is 6.20 Å². The predicted molar refractivity (Wildman–Crippen MR) is 82.7 cm³/mol. The van der Waals surface area contributed by atoms with E-state index < -0.39 is 0 Å². The van der Waals surface area contributed by atoms with Crippen molar-refractivity contribution in [1.82, 2.24) is 9.78 Å². The van der Waals surface area contributed by atoms with E-state index in [1.165, 1.54) is 32.1 Å². The van der Waals surface area contributed by atoms with E-state index in [0.29, 0.717) is 5.78 Å². The van der Waals surface area contributed by atoms with Crippen molar-refractivity contribution in [3.05, 3.63) is 16.4 Å². The van der Waals surface area contributed by atoms with Crippen LogP contribution in [-0.2, 0) is 6.54 Å². The summed E-state index contributed by atoms with van der Waals surface area (Å²) in [6.07, 6.45) is 10.7. The van der Waals surface area contributed by atoms with Gasteiger partial charge in [-0.25, -0.2) is 0 Å². The molecule has 2 aliphatic carbocycles. The average Bonchev–Trinajstić information content (AvgIpc) is 2.87. The summed E-state index contributed by atoms with van der Waals surface area (Å²) < 4.78 is 2.69. The zero-order valence-corrected chi connectivity index (χ0v) is 13.7. The van der Waals surface area contributed by atoms with Crippen LogP contribution in [0.4, 0.5) is 0 Å². The van der Waals surface area contributed by atoms with E-state index in [9.17, 15) is 4.79 Å². The molecule has 0 aliphatic heterocycles. The highest BCUT2D eigenvalue weighted by atomic mass is 79.9. The minimum atomic E-state index is 0.215. The summed E-state index contributed by atoms with van der Waals surface area (Å²) in [5.41, 5.74) is 0.784. The van der Waals surface area contributed by atoms with Crippen molar-refractivity contribution in [2.24, 2.45) is 17.8 Å². The molecule has 3 atom stereocenters. The van der Waals surface area contributed by atoms with Gasteiger partial charge in [0, 0.05) is 12.5 Å². The Kier molecular flexibility index (Phi) is 4.29. The van der Waals surface area contributed by atoms with Crippen LogP contribution >= 0.6 is 15.9 Å². The number of carbonyl (C=O) groups is 1. The van der Waals surface area contributed by atoms with Crippen molar-refractivity contribution >= 4 is 21.7 Å². The van der Waals surface area contributed by atoms with E-state index in [1.807, 2.05) is 11.6 Å². The lowest BCUT2D eigenvalue weighted by atomic mass is 9.66.